The Kier molecular flexibility index (Phi) is 5.65. The Morgan fingerprint density at radius 3 is 2.30 bits per heavy atom. The zero-order valence-corrected chi connectivity index (χ0v) is 14.9. The van der Waals surface area contributed by atoms with Gasteiger partial charge in [-0.15, -0.1) is 0 Å². The average molecular weight is 359 g/mol. The molecule has 0 fully saturated rings. The van der Waals surface area contributed by atoms with Crippen LogP contribution in [0.5, 0.6) is 23.3 Å². The molecule has 0 aliphatic heterocycles. The van der Waals surface area contributed by atoms with Gasteiger partial charge < -0.3 is 14.2 Å². The highest BCUT2D eigenvalue weighted by molar-refractivity contribution is 5.68. The van der Waals surface area contributed by atoms with Crippen LogP contribution in [-0.2, 0) is 4.74 Å². The Labute approximate surface area is 157 Å². The maximum atomic E-state index is 9.17. The molecule has 1 heterocycles. The third kappa shape index (κ3) is 4.41. The highest BCUT2D eigenvalue weighted by Gasteiger charge is 2.10. The minimum Gasteiger partial charge on any atom is -0.504 e. The predicted octanol–water partition coefficient (Wildman–Crippen LogP) is 4.94. The van der Waals surface area contributed by atoms with Crippen molar-refractivity contribution in [2.45, 2.75) is 6.92 Å². The first kappa shape index (κ1) is 18.0. The molecular formula is C21H17N3O3. The fraction of sp³-hybridized carbons (Fsp3) is 0.0952. The summed E-state index contributed by atoms with van der Waals surface area (Å²) in [6.45, 7) is 1.93. The molecule has 0 saturated carbocycles. The van der Waals surface area contributed by atoms with Crippen molar-refractivity contribution in [3.05, 3.63) is 78.3 Å². The number of nitriles is 1. The minimum absolute atomic E-state index is 0.282. The standard InChI is InChI=1S/C21H17N3O3/c1-15(13-25-2)17-8-4-6-10-19(17)27-21-11-20(23-14-24-21)26-18-9-5-3-7-16(18)12-22/h3-11,13-14H,1-2H3/b15-13+. The molecule has 0 spiro atoms. The minimum atomic E-state index is 0.282. The smallest absolute Gasteiger partial charge is 0.226 e. The number of hydrogen-bond acceptors (Lipinski definition) is 6. The molecule has 3 aromatic rings. The molecule has 3 rings (SSSR count). The van der Waals surface area contributed by atoms with E-state index >= 15 is 0 Å². The van der Waals surface area contributed by atoms with E-state index in [1.807, 2.05) is 31.2 Å². The quantitative estimate of drug-likeness (QED) is 0.580. The van der Waals surface area contributed by atoms with Gasteiger partial charge >= 0.3 is 0 Å². The normalized spacial score (nSPS) is 10.8. The molecule has 0 saturated heterocycles. The van der Waals surface area contributed by atoms with Crippen LogP contribution in [0.25, 0.3) is 5.57 Å². The summed E-state index contributed by atoms with van der Waals surface area (Å²) in [4.78, 5) is 8.22. The summed E-state index contributed by atoms with van der Waals surface area (Å²) in [6, 6.07) is 18.2. The summed E-state index contributed by atoms with van der Waals surface area (Å²) in [7, 11) is 1.60. The number of ether oxygens (including phenoxy) is 3. The molecule has 2 aromatic carbocycles. The van der Waals surface area contributed by atoms with Crippen LogP contribution in [0, 0.1) is 11.3 Å². The molecule has 0 aliphatic rings. The van der Waals surface area contributed by atoms with Gasteiger partial charge in [0.25, 0.3) is 0 Å². The largest absolute Gasteiger partial charge is 0.504 e. The van der Waals surface area contributed by atoms with E-state index in [0.29, 0.717) is 22.9 Å². The molecule has 0 atom stereocenters. The van der Waals surface area contributed by atoms with Gasteiger partial charge in [-0.2, -0.15) is 5.26 Å². The van der Waals surface area contributed by atoms with E-state index in [-0.39, 0.29) is 5.88 Å². The second-order valence-electron chi connectivity index (χ2n) is 5.54. The van der Waals surface area contributed by atoms with Gasteiger partial charge in [0.2, 0.25) is 11.8 Å². The fourth-order valence-electron chi connectivity index (χ4n) is 2.43. The van der Waals surface area contributed by atoms with Crippen molar-refractivity contribution in [3.63, 3.8) is 0 Å². The Bertz CT molecular complexity index is 1010. The van der Waals surface area contributed by atoms with Gasteiger partial charge in [0.1, 0.15) is 23.9 Å². The van der Waals surface area contributed by atoms with Crippen molar-refractivity contribution < 1.29 is 14.2 Å². The molecule has 6 nitrogen and oxygen atoms in total. The summed E-state index contributed by atoms with van der Waals surface area (Å²) >= 11 is 0. The van der Waals surface area contributed by atoms with Crippen molar-refractivity contribution in [1.82, 2.24) is 9.97 Å². The van der Waals surface area contributed by atoms with E-state index < -0.39 is 0 Å². The van der Waals surface area contributed by atoms with Crippen LogP contribution < -0.4 is 9.47 Å². The summed E-state index contributed by atoms with van der Waals surface area (Å²) in [5.41, 5.74) is 2.22. The summed E-state index contributed by atoms with van der Waals surface area (Å²) in [6.07, 6.45) is 3.00. The lowest BCUT2D eigenvalue weighted by molar-refractivity contribution is 0.339. The Morgan fingerprint density at radius 1 is 0.963 bits per heavy atom. The summed E-state index contributed by atoms with van der Waals surface area (Å²) in [5.74, 6) is 1.66. The monoisotopic (exact) mass is 359 g/mol. The molecule has 27 heavy (non-hydrogen) atoms. The Morgan fingerprint density at radius 2 is 1.59 bits per heavy atom. The predicted molar refractivity (Wildman–Crippen MR) is 100 cm³/mol. The first-order valence-corrected chi connectivity index (χ1v) is 8.17. The van der Waals surface area contributed by atoms with Crippen molar-refractivity contribution in [2.75, 3.05) is 7.11 Å². The van der Waals surface area contributed by atoms with Crippen molar-refractivity contribution in [2.24, 2.45) is 0 Å². The zero-order chi connectivity index (χ0) is 19.1. The fourth-order valence-corrected chi connectivity index (χ4v) is 2.43. The lowest BCUT2D eigenvalue weighted by Crippen LogP contribution is -1.95. The van der Waals surface area contributed by atoms with Gasteiger partial charge in [0.05, 0.1) is 25.0 Å². The second-order valence-corrected chi connectivity index (χ2v) is 5.54. The molecule has 0 bridgehead atoms. The van der Waals surface area contributed by atoms with Gasteiger partial charge in [-0.1, -0.05) is 30.3 Å². The third-order valence-corrected chi connectivity index (χ3v) is 3.66. The van der Waals surface area contributed by atoms with Crippen molar-refractivity contribution >= 4 is 5.57 Å². The van der Waals surface area contributed by atoms with Gasteiger partial charge in [0, 0.05) is 5.56 Å². The molecule has 0 radical (unpaired) electrons. The summed E-state index contributed by atoms with van der Waals surface area (Å²) in [5, 5.41) is 9.17. The number of allylic oxidation sites excluding steroid dienone is 1. The Hall–Kier alpha value is -3.85. The number of rotatable bonds is 6. The van der Waals surface area contributed by atoms with Crippen LogP contribution in [0.15, 0.2) is 67.2 Å². The van der Waals surface area contributed by atoms with Crippen LogP contribution in [0.4, 0.5) is 0 Å². The highest BCUT2D eigenvalue weighted by atomic mass is 16.5. The number of nitrogens with zero attached hydrogens (tertiary/aromatic N) is 3. The van der Waals surface area contributed by atoms with Gasteiger partial charge in [-0.3, -0.25) is 0 Å². The average Bonchev–Trinajstić information content (AvgIpc) is 2.69. The van der Waals surface area contributed by atoms with Gasteiger partial charge in [-0.05, 0) is 30.7 Å². The lowest BCUT2D eigenvalue weighted by Gasteiger charge is -2.11. The maximum absolute atomic E-state index is 9.17. The molecule has 0 unspecified atom stereocenters. The van der Waals surface area contributed by atoms with E-state index in [0.717, 1.165) is 11.1 Å². The van der Waals surface area contributed by atoms with Crippen molar-refractivity contribution in [1.29, 1.82) is 5.26 Å². The third-order valence-electron chi connectivity index (χ3n) is 3.66. The number of hydrogen-bond donors (Lipinski definition) is 0. The zero-order valence-electron chi connectivity index (χ0n) is 14.9. The molecule has 134 valence electrons. The second kappa shape index (κ2) is 8.50. The van der Waals surface area contributed by atoms with E-state index in [1.54, 1.807) is 43.7 Å². The van der Waals surface area contributed by atoms with E-state index in [4.69, 9.17) is 19.5 Å². The molecule has 1 aromatic heterocycles. The molecule has 0 amide bonds. The van der Waals surface area contributed by atoms with E-state index in [2.05, 4.69) is 16.0 Å². The lowest BCUT2D eigenvalue weighted by atomic mass is 10.1. The Balaban J connectivity index is 1.86. The first-order valence-electron chi connectivity index (χ1n) is 8.17. The van der Waals surface area contributed by atoms with Crippen molar-refractivity contribution in [3.8, 4) is 29.3 Å². The highest BCUT2D eigenvalue weighted by Crippen LogP contribution is 2.31. The van der Waals surface area contributed by atoms with Crippen LogP contribution in [0.1, 0.15) is 18.1 Å². The molecule has 0 N–H and O–H groups in total. The first-order chi connectivity index (χ1) is 13.2. The molecule has 6 heteroatoms. The summed E-state index contributed by atoms with van der Waals surface area (Å²) < 4.78 is 16.7. The number of benzene rings is 2. The topological polar surface area (TPSA) is 77.3 Å². The van der Waals surface area contributed by atoms with E-state index in [1.165, 1.54) is 6.33 Å². The van der Waals surface area contributed by atoms with Crippen LogP contribution in [0.3, 0.4) is 0 Å². The maximum Gasteiger partial charge on any atom is 0.226 e. The number of methoxy groups -OCH3 is 1. The van der Waals surface area contributed by atoms with Gasteiger partial charge in [0.15, 0.2) is 0 Å². The SMILES string of the molecule is CO/C=C(\C)c1ccccc1Oc1cc(Oc2ccccc2C#N)ncn1. The molecule has 0 aliphatic carbocycles. The van der Waals surface area contributed by atoms with Gasteiger partial charge in [-0.25, -0.2) is 9.97 Å². The van der Waals surface area contributed by atoms with E-state index in [9.17, 15) is 0 Å². The van der Waals surface area contributed by atoms with Crippen LogP contribution in [-0.4, -0.2) is 17.1 Å². The number of aromatic nitrogens is 2. The number of para-hydroxylation sites is 2. The van der Waals surface area contributed by atoms with Crippen LogP contribution >= 0.6 is 0 Å². The van der Waals surface area contributed by atoms with Crippen LogP contribution in [0.2, 0.25) is 0 Å². The molecular weight excluding hydrogens is 342 g/mol.